The molecule has 0 unspecified atom stereocenters. The van der Waals surface area contributed by atoms with E-state index in [0.717, 1.165) is 11.3 Å². The summed E-state index contributed by atoms with van der Waals surface area (Å²) in [6.07, 6.45) is 3.23. The highest BCUT2D eigenvalue weighted by Gasteiger charge is 2.03. The normalized spacial score (nSPS) is 10.4. The first kappa shape index (κ1) is 8.61. The minimum Gasteiger partial charge on any atom is -0.366 e. The van der Waals surface area contributed by atoms with Gasteiger partial charge in [-0.1, -0.05) is 0 Å². The Bertz CT molecular complexity index is 461. The minimum atomic E-state index is 0.215. The molecule has 0 aliphatic carbocycles. The van der Waals surface area contributed by atoms with Crippen LogP contribution in [0.3, 0.4) is 0 Å². The van der Waals surface area contributed by atoms with E-state index in [0.29, 0.717) is 5.95 Å². The molecule has 6 nitrogen and oxygen atoms in total. The average Bonchev–Trinajstić information content (AvgIpc) is 2.57. The molecular weight excluding hydrogens is 180 g/mol. The lowest BCUT2D eigenvalue weighted by molar-refractivity contribution is 0.798. The van der Waals surface area contributed by atoms with Crippen molar-refractivity contribution in [3.63, 3.8) is 0 Å². The van der Waals surface area contributed by atoms with Crippen LogP contribution < -0.4 is 5.73 Å². The maximum atomic E-state index is 5.39. The van der Waals surface area contributed by atoms with Crippen molar-refractivity contribution in [3.05, 3.63) is 23.8 Å². The van der Waals surface area contributed by atoms with Gasteiger partial charge >= 0.3 is 0 Å². The van der Waals surface area contributed by atoms with Crippen LogP contribution in [0, 0.1) is 13.8 Å². The summed E-state index contributed by atoms with van der Waals surface area (Å²) in [5.41, 5.74) is 7.35. The molecule has 72 valence electrons. The van der Waals surface area contributed by atoms with E-state index in [1.165, 1.54) is 11.0 Å². The number of nitrogens with two attached hydrogens (primary N) is 1. The third kappa shape index (κ3) is 1.41. The molecule has 2 rings (SSSR count). The maximum Gasteiger partial charge on any atom is 0.252 e. The van der Waals surface area contributed by atoms with E-state index in [4.69, 9.17) is 5.73 Å². The van der Waals surface area contributed by atoms with Gasteiger partial charge in [0.25, 0.3) is 5.95 Å². The standard InChI is InChI=1S/C8H10N6/c1-5-3-10-8(12-6(5)2)14-4-11-7(9)13-14/h3-4H,1-2H3,(H2,9,13). The second kappa shape index (κ2) is 3.06. The first-order valence-electron chi connectivity index (χ1n) is 4.14. The predicted molar refractivity (Wildman–Crippen MR) is 50.8 cm³/mol. The monoisotopic (exact) mass is 190 g/mol. The van der Waals surface area contributed by atoms with Gasteiger partial charge in [0.2, 0.25) is 5.95 Å². The molecule has 0 aliphatic rings. The third-order valence-corrected chi connectivity index (χ3v) is 1.93. The summed E-state index contributed by atoms with van der Waals surface area (Å²) in [7, 11) is 0. The molecule has 0 saturated heterocycles. The first-order chi connectivity index (χ1) is 6.66. The molecule has 0 atom stereocenters. The van der Waals surface area contributed by atoms with E-state index in [2.05, 4.69) is 20.1 Å². The van der Waals surface area contributed by atoms with Gasteiger partial charge in [0.1, 0.15) is 6.33 Å². The molecule has 0 aliphatic heterocycles. The number of aromatic nitrogens is 5. The van der Waals surface area contributed by atoms with Crippen molar-refractivity contribution in [1.29, 1.82) is 0 Å². The fourth-order valence-electron chi connectivity index (χ4n) is 0.998. The number of hydrogen-bond acceptors (Lipinski definition) is 5. The minimum absolute atomic E-state index is 0.215. The maximum absolute atomic E-state index is 5.39. The van der Waals surface area contributed by atoms with Crippen LogP contribution in [0.15, 0.2) is 12.5 Å². The second-order valence-electron chi connectivity index (χ2n) is 2.99. The molecule has 0 spiro atoms. The zero-order valence-corrected chi connectivity index (χ0v) is 7.97. The molecule has 2 heterocycles. The van der Waals surface area contributed by atoms with Crippen LogP contribution in [0.2, 0.25) is 0 Å². The van der Waals surface area contributed by atoms with E-state index in [9.17, 15) is 0 Å². The molecule has 0 amide bonds. The predicted octanol–water partition coefficient (Wildman–Crippen LogP) is 0.256. The third-order valence-electron chi connectivity index (χ3n) is 1.93. The van der Waals surface area contributed by atoms with Crippen LogP contribution >= 0.6 is 0 Å². The summed E-state index contributed by atoms with van der Waals surface area (Å²) in [5, 5.41) is 3.91. The van der Waals surface area contributed by atoms with Gasteiger partial charge in [0, 0.05) is 11.9 Å². The lowest BCUT2D eigenvalue weighted by Gasteiger charge is -2.01. The number of nitrogens with zero attached hydrogens (tertiary/aromatic N) is 5. The van der Waals surface area contributed by atoms with Gasteiger partial charge in [-0.3, -0.25) is 0 Å². The molecule has 2 aromatic heterocycles. The molecule has 14 heavy (non-hydrogen) atoms. The Kier molecular flexibility index (Phi) is 1.88. The molecule has 0 radical (unpaired) electrons. The second-order valence-corrected chi connectivity index (χ2v) is 2.99. The quantitative estimate of drug-likeness (QED) is 0.697. The molecule has 2 N–H and O–H groups in total. The van der Waals surface area contributed by atoms with Crippen LogP contribution in [-0.4, -0.2) is 24.7 Å². The Hall–Kier alpha value is -1.98. The van der Waals surface area contributed by atoms with Crippen molar-refractivity contribution in [2.24, 2.45) is 0 Å². The number of hydrogen-bond donors (Lipinski definition) is 1. The molecule has 2 aromatic rings. The van der Waals surface area contributed by atoms with Crippen LogP contribution in [0.25, 0.3) is 5.95 Å². The molecule has 0 aromatic carbocycles. The Labute approximate surface area is 80.8 Å². The fraction of sp³-hybridized carbons (Fsp3) is 0.250. The Morgan fingerprint density at radius 1 is 1.29 bits per heavy atom. The largest absolute Gasteiger partial charge is 0.366 e. The number of nitrogen functional groups attached to an aromatic ring is 1. The van der Waals surface area contributed by atoms with Crippen LogP contribution in [0.5, 0.6) is 0 Å². The summed E-state index contributed by atoms with van der Waals surface area (Å²) in [6, 6.07) is 0. The van der Waals surface area contributed by atoms with Gasteiger partial charge in [0.05, 0.1) is 0 Å². The van der Waals surface area contributed by atoms with Gasteiger partial charge in [-0.2, -0.15) is 4.68 Å². The van der Waals surface area contributed by atoms with Gasteiger partial charge in [0.15, 0.2) is 0 Å². The molecule has 0 bridgehead atoms. The van der Waals surface area contributed by atoms with Crippen molar-refractivity contribution in [2.75, 3.05) is 5.73 Å². The summed E-state index contributed by atoms with van der Waals surface area (Å²) < 4.78 is 1.45. The summed E-state index contributed by atoms with van der Waals surface area (Å²) in [5.74, 6) is 0.698. The smallest absolute Gasteiger partial charge is 0.252 e. The molecule has 0 saturated carbocycles. The van der Waals surface area contributed by atoms with E-state index in [1.807, 2.05) is 13.8 Å². The Morgan fingerprint density at radius 2 is 2.07 bits per heavy atom. The summed E-state index contributed by atoms with van der Waals surface area (Å²) in [4.78, 5) is 12.2. The van der Waals surface area contributed by atoms with Crippen molar-refractivity contribution in [2.45, 2.75) is 13.8 Å². The SMILES string of the molecule is Cc1cnc(-n2cnc(N)n2)nc1C. The van der Waals surface area contributed by atoms with E-state index in [1.54, 1.807) is 6.20 Å². The van der Waals surface area contributed by atoms with Gasteiger partial charge in [-0.25, -0.2) is 15.0 Å². The van der Waals surface area contributed by atoms with E-state index >= 15 is 0 Å². The fourth-order valence-corrected chi connectivity index (χ4v) is 0.998. The summed E-state index contributed by atoms with van der Waals surface area (Å²) >= 11 is 0. The van der Waals surface area contributed by atoms with E-state index < -0.39 is 0 Å². The zero-order chi connectivity index (χ0) is 10.1. The first-order valence-corrected chi connectivity index (χ1v) is 4.14. The van der Waals surface area contributed by atoms with Crippen molar-refractivity contribution in [1.82, 2.24) is 24.7 Å². The number of anilines is 1. The van der Waals surface area contributed by atoms with Crippen molar-refractivity contribution in [3.8, 4) is 5.95 Å². The average molecular weight is 190 g/mol. The highest BCUT2D eigenvalue weighted by Crippen LogP contribution is 2.04. The van der Waals surface area contributed by atoms with Gasteiger partial charge < -0.3 is 5.73 Å². The molecule has 6 heteroatoms. The van der Waals surface area contributed by atoms with Crippen LogP contribution in [0.1, 0.15) is 11.3 Å². The van der Waals surface area contributed by atoms with Crippen molar-refractivity contribution < 1.29 is 0 Å². The number of rotatable bonds is 1. The lowest BCUT2D eigenvalue weighted by atomic mass is 10.3. The van der Waals surface area contributed by atoms with Crippen molar-refractivity contribution >= 4 is 5.95 Å². The van der Waals surface area contributed by atoms with Crippen LogP contribution in [-0.2, 0) is 0 Å². The Morgan fingerprint density at radius 3 is 2.64 bits per heavy atom. The molecular formula is C8H10N6. The zero-order valence-electron chi connectivity index (χ0n) is 7.97. The van der Waals surface area contributed by atoms with E-state index in [-0.39, 0.29) is 5.95 Å². The lowest BCUT2D eigenvalue weighted by Crippen LogP contribution is -2.04. The topological polar surface area (TPSA) is 82.5 Å². The molecule has 0 fully saturated rings. The Balaban J connectivity index is 2.47. The van der Waals surface area contributed by atoms with Crippen LogP contribution in [0.4, 0.5) is 5.95 Å². The highest BCUT2D eigenvalue weighted by atomic mass is 15.4. The van der Waals surface area contributed by atoms with Gasteiger partial charge in [-0.05, 0) is 19.4 Å². The summed E-state index contributed by atoms with van der Waals surface area (Å²) in [6.45, 7) is 3.87. The highest BCUT2D eigenvalue weighted by molar-refractivity contribution is 5.21. The van der Waals surface area contributed by atoms with Gasteiger partial charge in [-0.15, -0.1) is 5.10 Å². The number of aryl methyl sites for hydroxylation is 2.